The minimum Gasteiger partial charge on any atom is -0.469 e. The lowest BCUT2D eigenvalue weighted by molar-refractivity contribution is -0.139. The van der Waals surface area contributed by atoms with E-state index in [1.54, 1.807) is 0 Å². The minimum absolute atomic E-state index is 0.229. The summed E-state index contributed by atoms with van der Waals surface area (Å²) in [7, 11) is 1.39. The van der Waals surface area contributed by atoms with Crippen LogP contribution in [0.5, 0.6) is 0 Å². The third-order valence-electron chi connectivity index (χ3n) is 1.92. The van der Waals surface area contributed by atoms with E-state index >= 15 is 0 Å². The molecule has 76 valence electrons. The Hall–Kier alpha value is -0.350. The predicted octanol–water partition coefficient (Wildman–Crippen LogP) is 3.24. The summed E-state index contributed by atoms with van der Waals surface area (Å²) in [5.41, 5.74) is 2.06. The summed E-state index contributed by atoms with van der Waals surface area (Å²) >= 11 is 6.85. The summed E-state index contributed by atoms with van der Waals surface area (Å²) in [5, 5.41) is 0. The zero-order valence-corrected chi connectivity index (χ0v) is 11.1. The van der Waals surface area contributed by atoms with Crippen molar-refractivity contribution in [3.63, 3.8) is 0 Å². The van der Waals surface area contributed by atoms with E-state index < -0.39 is 0 Å². The molecule has 0 amide bonds. The molecular formula is C10H10Br2O2. The zero-order chi connectivity index (χ0) is 10.7. The highest BCUT2D eigenvalue weighted by atomic mass is 79.9. The number of benzene rings is 1. The number of methoxy groups -OCH3 is 1. The van der Waals surface area contributed by atoms with Crippen LogP contribution in [0.2, 0.25) is 0 Å². The Kier molecular flexibility index (Phi) is 4.13. The van der Waals surface area contributed by atoms with E-state index in [9.17, 15) is 4.79 Å². The van der Waals surface area contributed by atoms with Gasteiger partial charge in [0.25, 0.3) is 0 Å². The van der Waals surface area contributed by atoms with Crippen LogP contribution in [0, 0.1) is 6.92 Å². The first-order valence-corrected chi connectivity index (χ1v) is 5.64. The third kappa shape index (κ3) is 2.82. The Morgan fingerprint density at radius 1 is 1.36 bits per heavy atom. The lowest BCUT2D eigenvalue weighted by Crippen LogP contribution is -2.04. The van der Waals surface area contributed by atoms with Gasteiger partial charge in [0.1, 0.15) is 0 Å². The molecule has 14 heavy (non-hydrogen) atoms. The molecule has 0 saturated heterocycles. The first kappa shape index (κ1) is 11.7. The van der Waals surface area contributed by atoms with Gasteiger partial charge in [-0.05, 0) is 30.2 Å². The minimum atomic E-state index is -0.229. The molecule has 0 aliphatic rings. The molecule has 0 atom stereocenters. The fourth-order valence-electron chi connectivity index (χ4n) is 1.04. The quantitative estimate of drug-likeness (QED) is 0.782. The fraction of sp³-hybridized carbons (Fsp3) is 0.300. The van der Waals surface area contributed by atoms with Crippen LogP contribution in [0.4, 0.5) is 0 Å². The Labute approximate surface area is 99.9 Å². The van der Waals surface area contributed by atoms with Crippen molar-refractivity contribution >= 4 is 37.8 Å². The molecule has 0 aliphatic carbocycles. The van der Waals surface area contributed by atoms with Gasteiger partial charge in [-0.25, -0.2) is 0 Å². The molecule has 0 heterocycles. The van der Waals surface area contributed by atoms with Crippen LogP contribution in [-0.2, 0) is 16.0 Å². The van der Waals surface area contributed by atoms with E-state index in [0.717, 1.165) is 20.1 Å². The molecule has 0 unspecified atom stereocenters. The van der Waals surface area contributed by atoms with Crippen molar-refractivity contribution in [3.05, 3.63) is 32.2 Å². The van der Waals surface area contributed by atoms with Crippen LogP contribution in [-0.4, -0.2) is 13.1 Å². The van der Waals surface area contributed by atoms with Gasteiger partial charge in [0.05, 0.1) is 13.5 Å². The summed E-state index contributed by atoms with van der Waals surface area (Å²) in [6, 6.07) is 3.86. The fourth-order valence-corrected chi connectivity index (χ4v) is 2.32. The third-order valence-corrected chi connectivity index (χ3v) is 3.56. The average molecular weight is 322 g/mol. The molecule has 0 aliphatic heterocycles. The molecule has 1 aromatic rings. The summed E-state index contributed by atoms with van der Waals surface area (Å²) in [6.45, 7) is 2.00. The van der Waals surface area contributed by atoms with Crippen molar-refractivity contribution < 1.29 is 9.53 Å². The number of ether oxygens (including phenoxy) is 1. The highest BCUT2D eigenvalue weighted by Gasteiger charge is 2.07. The molecule has 0 fully saturated rings. The van der Waals surface area contributed by atoms with Gasteiger partial charge in [0.15, 0.2) is 0 Å². The van der Waals surface area contributed by atoms with Crippen molar-refractivity contribution in [3.8, 4) is 0 Å². The second-order valence-corrected chi connectivity index (χ2v) is 4.65. The maximum absolute atomic E-state index is 11.0. The summed E-state index contributed by atoms with van der Waals surface area (Å²) in [6.07, 6.45) is 0.300. The van der Waals surface area contributed by atoms with Gasteiger partial charge in [-0.3, -0.25) is 4.79 Å². The van der Waals surface area contributed by atoms with Crippen LogP contribution in [0.15, 0.2) is 21.1 Å². The summed E-state index contributed by atoms with van der Waals surface area (Å²) < 4.78 is 6.58. The SMILES string of the molecule is COC(=O)Cc1cc(Br)c(C)c(Br)c1. The lowest BCUT2D eigenvalue weighted by atomic mass is 10.1. The number of esters is 1. The van der Waals surface area contributed by atoms with Crippen LogP contribution in [0.3, 0.4) is 0 Å². The second-order valence-electron chi connectivity index (χ2n) is 2.94. The number of carbonyl (C=O) groups is 1. The van der Waals surface area contributed by atoms with Crippen LogP contribution in [0.1, 0.15) is 11.1 Å². The van der Waals surface area contributed by atoms with Gasteiger partial charge in [0.2, 0.25) is 0 Å². The second kappa shape index (κ2) is 4.94. The number of hydrogen-bond donors (Lipinski definition) is 0. The van der Waals surface area contributed by atoms with Gasteiger partial charge >= 0.3 is 5.97 Å². The monoisotopic (exact) mass is 320 g/mol. The van der Waals surface area contributed by atoms with Crippen molar-refractivity contribution in [2.45, 2.75) is 13.3 Å². The first-order chi connectivity index (χ1) is 6.54. The largest absolute Gasteiger partial charge is 0.469 e. The highest BCUT2D eigenvalue weighted by Crippen LogP contribution is 2.26. The standard InChI is InChI=1S/C10H10Br2O2/c1-6-8(11)3-7(4-9(6)12)5-10(13)14-2/h3-4H,5H2,1-2H3. The molecule has 0 radical (unpaired) electrons. The first-order valence-electron chi connectivity index (χ1n) is 4.06. The summed E-state index contributed by atoms with van der Waals surface area (Å²) in [5.74, 6) is -0.229. The van der Waals surface area contributed by atoms with Gasteiger partial charge < -0.3 is 4.74 Å². The predicted molar refractivity (Wildman–Crippen MR) is 62.3 cm³/mol. The highest BCUT2D eigenvalue weighted by molar-refractivity contribution is 9.11. The van der Waals surface area contributed by atoms with Gasteiger partial charge in [0, 0.05) is 8.95 Å². The Bertz CT molecular complexity index is 338. The molecule has 0 saturated carbocycles. The average Bonchev–Trinajstić information content (AvgIpc) is 2.14. The Morgan fingerprint density at radius 2 is 1.86 bits per heavy atom. The molecule has 0 bridgehead atoms. The van der Waals surface area contributed by atoms with E-state index in [1.807, 2.05) is 19.1 Å². The smallest absolute Gasteiger partial charge is 0.309 e. The van der Waals surface area contributed by atoms with Crippen LogP contribution >= 0.6 is 31.9 Å². The molecule has 1 aromatic carbocycles. The molecule has 1 rings (SSSR count). The molecule has 0 N–H and O–H groups in total. The number of carbonyl (C=O) groups excluding carboxylic acids is 1. The van der Waals surface area contributed by atoms with Crippen molar-refractivity contribution in [2.75, 3.05) is 7.11 Å². The molecule has 4 heteroatoms. The number of hydrogen-bond acceptors (Lipinski definition) is 2. The molecule has 0 aromatic heterocycles. The van der Waals surface area contributed by atoms with Crippen molar-refractivity contribution in [1.29, 1.82) is 0 Å². The van der Waals surface area contributed by atoms with E-state index in [4.69, 9.17) is 0 Å². The maximum atomic E-state index is 11.0. The lowest BCUT2D eigenvalue weighted by Gasteiger charge is -2.05. The topological polar surface area (TPSA) is 26.3 Å². The molecular weight excluding hydrogens is 312 g/mol. The normalized spacial score (nSPS) is 10.0. The van der Waals surface area contributed by atoms with Gasteiger partial charge in [-0.15, -0.1) is 0 Å². The van der Waals surface area contributed by atoms with Gasteiger partial charge in [-0.1, -0.05) is 31.9 Å². The van der Waals surface area contributed by atoms with E-state index in [-0.39, 0.29) is 5.97 Å². The number of rotatable bonds is 2. The van der Waals surface area contributed by atoms with E-state index in [0.29, 0.717) is 6.42 Å². The Morgan fingerprint density at radius 3 is 2.29 bits per heavy atom. The molecule has 2 nitrogen and oxygen atoms in total. The maximum Gasteiger partial charge on any atom is 0.309 e. The van der Waals surface area contributed by atoms with Gasteiger partial charge in [-0.2, -0.15) is 0 Å². The van der Waals surface area contributed by atoms with E-state index in [1.165, 1.54) is 7.11 Å². The van der Waals surface area contributed by atoms with Crippen molar-refractivity contribution in [2.24, 2.45) is 0 Å². The summed E-state index contributed by atoms with van der Waals surface area (Å²) in [4.78, 5) is 11.0. The molecule has 0 spiro atoms. The van der Waals surface area contributed by atoms with Crippen LogP contribution < -0.4 is 0 Å². The Balaban J connectivity index is 2.95. The number of halogens is 2. The van der Waals surface area contributed by atoms with Crippen molar-refractivity contribution in [1.82, 2.24) is 0 Å². The van der Waals surface area contributed by atoms with Crippen LogP contribution in [0.25, 0.3) is 0 Å². The zero-order valence-electron chi connectivity index (χ0n) is 7.93. The van der Waals surface area contributed by atoms with E-state index in [2.05, 4.69) is 36.6 Å².